The smallest absolute Gasteiger partial charge is 0.0477 e. The van der Waals surface area contributed by atoms with E-state index in [0.717, 1.165) is 13.1 Å². The van der Waals surface area contributed by atoms with Crippen molar-refractivity contribution in [3.05, 3.63) is 35.4 Å². The Labute approximate surface area is 97.7 Å². The van der Waals surface area contributed by atoms with Gasteiger partial charge >= 0.3 is 0 Å². The molecule has 16 heavy (non-hydrogen) atoms. The Kier molecular flexibility index (Phi) is 3.62. The molecule has 2 rings (SSSR count). The summed E-state index contributed by atoms with van der Waals surface area (Å²) in [6.45, 7) is 6.63. The second-order valence-corrected chi connectivity index (χ2v) is 5.03. The normalized spacial score (nSPS) is 25.2. The lowest BCUT2D eigenvalue weighted by Crippen LogP contribution is -2.14. The fourth-order valence-corrected chi connectivity index (χ4v) is 2.44. The largest absolute Gasteiger partial charge is 0.396 e. The zero-order valence-electron chi connectivity index (χ0n) is 10.1. The van der Waals surface area contributed by atoms with Gasteiger partial charge in [0.2, 0.25) is 0 Å². The van der Waals surface area contributed by atoms with E-state index in [-0.39, 0.29) is 6.61 Å². The number of hydrogen-bond acceptors (Lipinski definition) is 2. The van der Waals surface area contributed by atoms with Crippen molar-refractivity contribution in [3.63, 3.8) is 0 Å². The van der Waals surface area contributed by atoms with E-state index in [1.54, 1.807) is 0 Å². The average molecular weight is 219 g/mol. The zero-order valence-corrected chi connectivity index (χ0v) is 10.1. The molecular weight excluding hydrogens is 198 g/mol. The molecule has 1 saturated heterocycles. The maximum absolute atomic E-state index is 9.30. The van der Waals surface area contributed by atoms with Crippen molar-refractivity contribution in [3.8, 4) is 0 Å². The minimum atomic E-state index is 0.281. The number of aliphatic hydroxyl groups is 1. The monoisotopic (exact) mass is 219 g/mol. The van der Waals surface area contributed by atoms with Crippen LogP contribution in [0, 0.1) is 5.92 Å². The van der Waals surface area contributed by atoms with Crippen molar-refractivity contribution in [1.82, 2.24) is 5.32 Å². The van der Waals surface area contributed by atoms with Crippen LogP contribution in [0.25, 0.3) is 0 Å². The molecule has 0 spiro atoms. The second-order valence-electron chi connectivity index (χ2n) is 5.03. The predicted octanol–water partition coefficient (Wildman–Crippen LogP) is 2.11. The molecule has 0 aromatic heterocycles. The summed E-state index contributed by atoms with van der Waals surface area (Å²) < 4.78 is 0. The molecular formula is C14H21NO. The van der Waals surface area contributed by atoms with E-state index in [0.29, 0.717) is 17.8 Å². The van der Waals surface area contributed by atoms with Crippen molar-refractivity contribution in [1.29, 1.82) is 0 Å². The molecule has 1 aromatic carbocycles. The summed E-state index contributed by atoms with van der Waals surface area (Å²) in [7, 11) is 0. The van der Waals surface area contributed by atoms with Gasteiger partial charge in [0.05, 0.1) is 0 Å². The van der Waals surface area contributed by atoms with E-state index in [1.165, 1.54) is 11.1 Å². The van der Waals surface area contributed by atoms with Crippen molar-refractivity contribution in [2.24, 2.45) is 5.92 Å². The Morgan fingerprint density at radius 3 is 2.50 bits per heavy atom. The van der Waals surface area contributed by atoms with Crippen molar-refractivity contribution < 1.29 is 5.11 Å². The van der Waals surface area contributed by atoms with Crippen molar-refractivity contribution in [2.45, 2.75) is 25.7 Å². The number of rotatable bonds is 3. The molecule has 0 radical (unpaired) electrons. The first kappa shape index (κ1) is 11.6. The molecule has 0 aliphatic carbocycles. The predicted molar refractivity (Wildman–Crippen MR) is 66.7 cm³/mol. The third kappa shape index (κ3) is 2.28. The molecule has 2 unspecified atom stereocenters. The van der Waals surface area contributed by atoms with Gasteiger partial charge in [0.1, 0.15) is 0 Å². The molecule has 2 heteroatoms. The highest BCUT2D eigenvalue weighted by molar-refractivity contribution is 5.28. The van der Waals surface area contributed by atoms with Crippen LogP contribution >= 0.6 is 0 Å². The van der Waals surface area contributed by atoms with Crippen LogP contribution < -0.4 is 5.32 Å². The highest BCUT2D eigenvalue weighted by Gasteiger charge is 2.27. The molecule has 1 aliphatic rings. The molecule has 2 N–H and O–H groups in total. The SMILES string of the molecule is CC(C)c1ccc(C2CNCC2CO)cc1. The van der Waals surface area contributed by atoms with Crippen LogP contribution in [-0.2, 0) is 0 Å². The number of aliphatic hydroxyl groups excluding tert-OH is 1. The molecule has 2 atom stereocenters. The summed E-state index contributed by atoms with van der Waals surface area (Å²) >= 11 is 0. The van der Waals surface area contributed by atoms with Crippen LogP contribution in [0.3, 0.4) is 0 Å². The van der Waals surface area contributed by atoms with Crippen LogP contribution in [0.2, 0.25) is 0 Å². The number of nitrogens with one attached hydrogen (secondary N) is 1. The lowest BCUT2D eigenvalue weighted by atomic mass is 9.88. The molecule has 0 bridgehead atoms. The third-order valence-corrected chi connectivity index (χ3v) is 3.61. The molecule has 0 saturated carbocycles. The third-order valence-electron chi connectivity index (χ3n) is 3.61. The first-order valence-corrected chi connectivity index (χ1v) is 6.13. The standard InChI is InChI=1S/C14H21NO/c1-10(2)11-3-5-12(6-4-11)14-8-15-7-13(14)9-16/h3-6,10,13-16H,7-9H2,1-2H3. The van der Waals surface area contributed by atoms with Crippen LogP contribution in [0.1, 0.15) is 36.8 Å². The fourth-order valence-electron chi connectivity index (χ4n) is 2.44. The van der Waals surface area contributed by atoms with E-state index >= 15 is 0 Å². The zero-order chi connectivity index (χ0) is 11.5. The summed E-state index contributed by atoms with van der Waals surface area (Å²) in [5.74, 6) is 1.44. The maximum atomic E-state index is 9.30. The minimum Gasteiger partial charge on any atom is -0.396 e. The van der Waals surface area contributed by atoms with E-state index in [1.807, 2.05) is 0 Å². The van der Waals surface area contributed by atoms with E-state index < -0.39 is 0 Å². The van der Waals surface area contributed by atoms with Gasteiger partial charge < -0.3 is 10.4 Å². The van der Waals surface area contributed by atoms with Gasteiger partial charge in [-0.1, -0.05) is 38.1 Å². The van der Waals surface area contributed by atoms with Crippen LogP contribution in [0.5, 0.6) is 0 Å². The molecule has 0 amide bonds. The van der Waals surface area contributed by atoms with Gasteiger partial charge in [-0.15, -0.1) is 0 Å². The molecule has 1 heterocycles. The van der Waals surface area contributed by atoms with Crippen molar-refractivity contribution >= 4 is 0 Å². The fraction of sp³-hybridized carbons (Fsp3) is 0.571. The summed E-state index contributed by atoms with van der Waals surface area (Å²) in [4.78, 5) is 0. The van der Waals surface area contributed by atoms with E-state index in [2.05, 4.69) is 43.4 Å². The van der Waals surface area contributed by atoms with Gasteiger partial charge in [-0.05, 0) is 17.0 Å². The van der Waals surface area contributed by atoms with Gasteiger partial charge in [0.25, 0.3) is 0 Å². The summed E-state index contributed by atoms with van der Waals surface area (Å²) in [5, 5.41) is 12.6. The Morgan fingerprint density at radius 2 is 1.94 bits per heavy atom. The lowest BCUT2D eigenvalue weighted by molar-refractivity contribution is 0.226. The Bertz CT molecular complexity index is 331. The van der Waals surface area contributed by atoms with Gasteiger partial charge in [-0.25, -0.2) is 0 Å². The summed E-state index contributed by atoms with van der Waals surface area (Å²) in [6.07, 6.45) is 0. The summed E-state index contributed by atoms with van der Waals surface area (Å²) in [5.41, 5.74) is 2.74. The Morgan fingerprint density at radius 1 is 1.25 bits per heavy atom. The number of benzene rings is 1. The first-order chi connectivity index (χ1) is 7.72. The quantitative estimate of drug-likeness (QED) is 0.816. The van der Waals surface area contributed by atoms with Crippen LogP contribution in [-0.4, -0.2) is 24.8 Å². The van der Waals surface area contributed by atoms with E-state index in [4.69, 9.17) is 0 Å². The van der Waals surface area contributed by atoms with Crippen LogP contribution in [0.15, 0.2) is 24.3 Å². The topological polar surface area (TPSA) is 32.3 Å². The number of hydrogen-bond donors (Lipinski definition) is 2. The van der Waals surface area contributed by atoms with Gasteiger partial charge in [0.15, 0.2) is 0 Å². The molecule has 1 fully saturated rings. The maximum Gasteiger partial charge on any atom is 0.0477 e. The van der Waals surface area contributed by atoms with Gasteiger partial charge in [-0.3, -0.25) is 0 Å². The second kappa shape index (κ2) is 4.98. The molecule has 1 aromatic rings. The molecule has 1 aliphatic heterocycles. The Balaban J connectivity index is 2.15. The minimum absolute atomic E-state index is 0.281. The molecule has 2 nitrogen and oxygen atoms in total. The van der Waals surface area contributed by atoms with Crippen LogP contribution in [0.4, 0.5) is 0 Å². The van der Waals surface area contributed by atoms with Crippen molar-refractivity contribution in [2.75, 3.05) is 19.7 Å². The first-order valence-electron chi connectivity index (χ1n) is 6.13. The van der Waals surface area contributed by atoms with Gasteiger partial charge in [-0.2, -0.15) is 0 Å². The Hall–Kier alpha value is -0.860. The lowest BCUT2D eigenvalue weighted by Gasteiger charge is -2.17. The highest BCUT2D eigenvalue weighted by atomic mass is 16.3. The van der Waals surface area contributed by atoms with E-state index in [9.17, 15) is 5.11 Å². The highest BCUT2D eigenvalue weighted by Crippen LogP contribution is 2.28. The molecule has 88 valence electrons. The van der Waals surface area contributed by atoms with Gasteiger partial charge in [0, 0.05) is 31.5 Å². The summed E-state index contributed by atoms with van der Waals surface area (Å²) in [6, 6.07) is 8.87. The average Bonchev–Trinajstić information content (AvgIpc) is 2.77.